The number of carbonyl (C=O) groups is 1. The van der Waals surface area contributed by atoms with E-state index in [0.29, 0.717) is 11.8 Å². The standard InChI is InChI=1S/C11H20N2O2/c1-11(2,3)15-10(14)13-6-8-4-12-5-9(8)7-13/h8-9,12H,4-7H2,1-3H3/t8-,9-/m0/s1. The number of likely N-dealkylation sites (tertiary alicyclic amines) is 1. The topological polar surface area (TPSA) is 41.6 Å². The molecule has 2 fully saturated rings. The van der Waals surface area contributed by atoms with E-state index in [1.165, 1.54) is 0 Å². The molecule has 4 nitrogen and oxygen atoms in total. The number of amides is 1. The molecule has 0 unspecified atom stereocenters. The fraction of sp³-hybridized carbons (Fsp3) is 0.909. The maximum Gasteiger partial charge on any atom is 0.410 e. The van der Waals surface area contributed by atoms with E-state index >= 15 is 0 Å². The fourth-order valence-corrected chi connectivity index (χ4v) is 2.33. The first-order valence-electron chi connectivity index (χ1n) is 5.64. The van der Waals surface area contributed by atoms with Gasteiger partial charge in [0.05, 0.1) is 0 Å². The van der Waals surface area contributed by atoms with Gasteiger partial charge in [-0.15, -0.1) is 0 Å². The second kappa shape index (κ2) is 3.67. The summed E-state index contributed by atoms with van der Waals surface area (Å²) >= 11 is 0. The Kier molecular flexibility index (Phi) is 2.63. The largest absolute Gasteiger partial charge is 0.444 e. The van der Waals surface area contributed by atoms with E-state index in [4.69, 9.17) is 4.74 Å². The monoisotopic (exact) mass is 212 g/mol. The zero-order chi connectivity index (χ0) is 11.1. The SMILES string of the molecule is CC(C)(C)OC(=O)N1C[C@@H]2CNC[C@H]2C1. The van der Waals surface area contributed by atoms with E-state index < -0.39 is 0 Å². The highest BCUT2D eigenvalue weighted by atomic mass is 16.6. The van der Waals surface area contributed by atoms with Crippen LogP contribution in [0.5, 0.6) is 0 Å². The van der Waals surface area contributed by atoms with Crippen LogP contribution in [0, 0.1) is 11.8 Å². The van der Waals surface area contributed by atoms with Crippen molar-refractivity contribution in [3.8, 4) is 0 Å². The van der Waals surface area contributed by atoms with Crippen molar-refractivity contribution >= 4 is 6.09 Å². The molecule has 0 aromatic carbocycles. The third kappa shape index (κ3) is 2.43. The van der Waals surface area contributed by atoms with Gasteiger partial charge in [-0.3, -0.25) is 0 Å². The van der Waals surface area contributed by atoms with E-state index in [2.05, 4.69) is 5.32 Å². The van der Waals surface area contributed by atoms with Crippen LogP contribution in [-0.2, 0) is 4.74 Å². The van der Waals surface area contributed by atoms with Gasteiger partial charge in [-0.05, 0) is 32.6 Å². The van der Waals surface area contributed by atoms with Crippen LogP contribution in [-0.4, -0.2) is 42.8 Å². The van der Waals surface area contributed by atoms with E-state index in [0.717, 1.165) is 26.2 Å². The molecule has 2 atom stereocenters. The van der Waals surface area contributed by atoms with Gasteiger partial charge in [0.25, 0.3) is 0 Å². The fourth-order valence-electron chi connectivity index (χ4n) is 2.33. The van der Waals surface area contributed by atoms with Gasteiger partial charge in [-0.2, -0.15) is 0 Å². The smallest absolute Gasteiger partial charge is 0.410 e. The summed E-state index contributed by atoms with van der Waals surface area (Å²) in [5.74, 6) is 1.27. The summed E-state index contributed by atoms with van der Waals surface area (Å²) in [7, 11) is 0. The van der Waals surface area contributed by atoms with Gasteiger partial charge in [-0.1, -0.05) is 0 Å². The third-order valence-electron chi connectivity index (χ3n) is 3.04. The molecule has 2 rings (SSSR count). The third-order valence-corrected chi connectivity index (χ3v) is 3.04. The lowest BCUT2D eigenvalue weighted by molar-refractivity contribution is 0.0281. The minimum atomic E-state index is -0.382. The van der Waals surface area contributed by atoms with Crippen molar-refractivity contribution in [2.45, 2.75) is 26.4 Å². The molecular formula is C11H20N2O2. The van der Waals surface area contributed by atoms with Crippen LogP contribution in [0.25, 0.3) is 0 Å². The number of nitrogens with one attached hydrogen (secondary N) is 1. The van der Waals surface area contributed by atoms with Crippen molar-refractivity contribution in [1.29, 1.82) is 0 Å². The molecule has 0 aromatic rings. The van der Waals surface area contributed by atoms with Gasteiger partial charge in [0.1, 0.15) is 5.60 Å². The molecule has 0 aliphatic carbocycles. The molecule has 0 spiro atoms. The van der Waals surface area contributed by atoms with Crippen molar-refractivity contribution in [3.05, 3.63) is 0 Å². The number of hydrogen-bond donors (Lipinski definition) is 1. The molecule has 15 heavy (non-hydrogen) atoms. The highest BCUT2D eigenvalue weighted by Crippen LogP contribution is 2.27. The molecule has 86 valence electrons. The van der Waals surface area contributed by atoms with E-state index in [-0.39, 0.29) is 11.7 Å². The summed E-state index contributed by atoms with van der Waals surface area (Å²) in [4.78, 5) is 13.6. The lowest BCUT2D eigenvalue weighted by Gasteiger charge is -2.24. The van der Waals surface area contributed by atoms with E-state index in [1.54, 1.807) is 0 Å². The van der Waals surface area contributed by atoms with Crippen LogP contribution in [0.4, 0.5) is 4.79 Å². The summed E-state index contributed by atoms with van der Waals surface area (Å²) in [5.41, 5.74) is -0.382. The lowest BCUT2D eigenvalue weighted by atomic mass is 10.0. The van der Waals surface area contributed by atoms with Crippen molar-refractivity contribution in [3.63, 3.8) is 0 Å². The Morgan fingerprint density at radius 1 is 1.27 bits per heavy atom. The first-order chi connectivity index (χ1) is 6.96. The van der Waals surface area contributed by atoms with Gasteiger partial charge >= 0.3 is 6.09 Å². The van der Waals surface area contributed by atoms with Crippen LogP contribution >= 0.6 is 0 Å². The summed E-state index contributed by atoms with van der Waals surface area (Å²) < 4.78 is 5.35. The van der Waals surface area contributed by atoms with Gasteiger partial charge in [0.2, 0.25) is 0 Å². The minimum absolute atomic E-state index is 0.156. The average molecular weight is 212 g/mol. The van der Waals surface area contributed by atoms with E-state index in [9.17, 15) is 4.79 Å². The van der Waals surface area contributed by atoms with Crippen molar-refractivity contribution < 1.29 is 9.53 Å². The van der Waals surface area contributed by atoms with Crippen LogP contribution < -0.4 is 5.32 Å². The molecule has 0 saturated carbocycles. The van der Waals surface area contributed by atoms with Crippen LogP contribution in [0.3, 0.4) is 0 Å². The van der Waals surface area contributed by atoms with Crippen molar-refractivity contribution in [1.82, 2.24) is 10.2 Å². The number of ether oxygens (including phenoxy) is 1. The maximum absolute atomic E-state index is 11.8. The van der Waals surface area contributed by atoms with Gasteiger partial charge in [-0.25, -0.2) is 4.79 Å². The van der Waals surface area contributed by atoms with Gasteiger partial charge in [0, 0.05) is 26.2 Å². The quantitative estimate of drug-likeness (QED) is 0.653. The Morgan fingerprint density at radius 3 is 2.27 bits per heavy atom. The number of rotatable bonds is 0. The first-order valence-corrected chi connectivity index (χ1v) is 5.64. The zero-order valence-electron chi connectivity index (χ0n) is 9.75. The molecule has 4 heteroatoms. The first kappa shape index (κ1) is 10.7. The Morgan fingerprint density at radius 2 is 1.80 bits per heavy atom. The Balaban J connectivity index is 1.88. The van der Waals surface area contributed by atoms with E-state index in [1.807, 2.05) is 25.7 Å². The summed E-state index contributed by atoms with van der Waals surface area (Å²) in [5, 5.41) is 3.35. The highest BCUT2D eigenvalue weighted by molar-refractivity contribution is 5.68. The molecule has 2 aliphatic rings. The molecule has 2 saturated heterocycles. The number of fused-ring (bicyclic) bond motifs is 1. The minimum Gasteiger partial charge on any atom is -0.444 e. The molecule has 0 bridgehead atoms. The Bertz CT molecular complexity index is 248. The molecule has 2 aliphatic heterocycles. The van der Waals surface area contributed by atoms with Gasteiger partial charge < -0.3 is 15.0 Å². The van der Waals surface area contributed by atoms with Crippen LogP contribution in [0.2, 0.25) is 0 Å². The zero-order valence-corrected chi connectivity index (χ0v) is 9.75. The number of nitrogens with zero attached hydrogens (tertiary/aromatic N) is 1. The van der Waals surface area contributed by atoms with Crippen molar-refractivity contribution in [2.75, 3.05) is 26.2 Å². The number of hydrogen-bond acceptors (Lipinski definition) is 3. The van der Waals surface area contributed by atoms with Crippen molar-refractivity contribution in [2.24, 2.45) is 11.8 Å². The number of carbonyl (C=O) groups excluding carboxylic acids is 1. The molecule has 2 heterocycles. The predicted molar refractivity (Wildman–Crippen MR) is 57.7 cm³/mol. The second-order valence-corrected chi connectivity index (χ2v) is 5.56. The Labute approximate surface area is 91.0 Å². The predicted octanol–water partition coefficient (Wildman–Crippen LogP) is 1.07. The molecule has 0 aromatic heterocycles. The Hall–Kier alpha value is -0.770. The summed E-state index contributed by atoms with van der Waals surface area (Å²) in [6.07, 6.45) is -0.156. The van der Waals surface area contributed by atoms with Gasteiger partial charge in [0.15, 0.2) is 0 Å². The van der Waals surface area contributed by atoms with Crippen LogP contribution in [0.15, 0.2) is 0 Å². The van der Waals surface area contributed by atoms with Crippen LogP contribution in [0.1, 0.15) is 20.8 Å². The highest BCUT2D eigenvalue weighted by Gasteiger charge is 2.39. The maximum atomic E-state index is 11.8. The molecule has 0 radical (unpaired) electrons. The lowest BCUT2D eigenvalue weighted by Crippen LogP contribution is -2.36. The second-order valence-electron chi connectivity index (χ2n) is 5.56. The molecule has 1 amide bonds. The molecule has 1 N–H and O–H groups in total. The summed E-state index contributed by atoms with van der Waals surface area (Å²) in [6, 6.07) is 0. The normalized spacial score (nSPS) is 30.5. The summed E-state index contributed by atoms with van der Waals surface area (Å²) in [6.45, 7) is 9.52. The average Bonchev–Trinajstić information content (AvgIpc) is 2.56. The molecular weight excluding hydrogens is 192 g/mol.